The molecule has 110 valence electrons. The highest BCUT2D eigenvalue weighted by Gasteiger charge is 2.17. The van der Waals surface area contributed by atoms with Crippen LogP contribution in [0.5, 0.6) is 0 Å². The number of nitrogens with two attached hydrogens (primary N) is 1. The topological polar surface area (TPSA) is 106 Å². The highest BCUT2D eigenvalue weighted by molar-refractivity contribution is 14.1. The van der Waals surface area contributed by atoms with E-state index in [1.54, 1.807) is 7.05 Å². The lowest BCUT2D eigenvalue weighted by molar-refractivity contribution is 0.102. The number of oxime groups is 1. The third kappa shape index (κ3) is 3.12. The van der Waals surface area contributed by atoms with Crippen LogP contribution in [0.3, 0.4) is 0 Å². The van der Waals surface area contributed by atoms with Gasteiger partial charge in [-0.05, 0) is 40.8 Å². The molecule has 4 N–H and O–H groups in total. The fourth-order valence-corrected chi connectivity index (χ4v) is 2.40. The minimum Gasteiger partial charge on any atom is -0.409 e. The molecule has 21 heavy (non-hydrogen) atoms. The number of amidine groups is 1. The van der Waals surface area contributed by atoms with Crippen LogP contribution in [-0.4, -0.2) is 26.7 Å². The van der Waals surface area contributed by atoms with Gasteiger partial charge in [-0.1, -0.05) is 5.16 Å². The predicted molar refractivity (Wildman–Crippen MR) is 82.8 cm³/mol. The fraction of sp³-hybridized carbons (Fsp3) is 0.0833. The largest absolute Gasteiger partial charge is 0.409 e. The standard InChI is InChI=1S/C12H11FIN5O2/c1-19-11(8(5-16-19)10(15)18-21)17-12(20)7-3-2-6(13)4-9(7)14/h2-5,21H,1H3,(H2,15,18)(H,17,20). The van der Waals surface area contributed by atoms with E-state index in [1.165, 1.54) is 29.1 Å². The smallest absolute Gasteiger partial charge is 0.257 e. The highest BCUT2D eigenvalue weighted by Crippen LogP contribution is 2.18. The van der Waals surface area contributed by atoms with Crippen LogP contribution >= 0.6 is 22.6 Å². The van der Waals surface area contributed by atoms with Crippen molar-refractivity contribution in [1.29, 1.82) is 0 Å². The molecule has 0 spiro atoms. The number of benzene rings is 1. The molecule has 2 aromatic rings. The van der Waals surface area contributed by atoms with E-state index in [1.807, 2.05) is 22.6 Å². The Kier molecular flexibility index (Phi) is 4.40. The number of nitrogens with zero attached hydrogens (tertiary/aromatic N) is 3. The summed E-state index contributed by atoms with van der Waals surface area (Å²) in [5.74, 6) is -0.772. The molecule has 0 fully saturated rings. The highest BCUT2D eigenvalue weighted by atomic mass is 127. The molecule has 0 bridgehead atoms. The van der Waals surface area contributed by atoms with E-state index in [9.17, 15) is 9.18 Å². The summed E-state index contributed by atoms with van der Waals surface area (Å²) >= 11 is 1.87. The molecule has 0 atom stereocenters. The zero-order valence-corrected chi connectivity index (χ0v) is 13.0. The number of aryl methyl sites for hydroxylation is 1. The van der Waals surface area contributed by atoms with E-state index in [-0.39, 0.29) is 17.2 Å². The average molecular weight is 403 g/mol. The van der Waals surface area contributed by atoms with Crippen molar-refractivity contribution in [3.63, 3.8) is 0 Å². The minimum atomic E-state index is -0.449. The molecule has 1 amide bonds. The second kappa shape index (κ2) is 6.08. The quantitative estimate of drug-likeness (QED) is 0.238. The molecular weight excluding hydrogens is 392 g/mol. The molecule has 7 nitrogen and oxygen atoms in total. The van der Waals surface area contributed by atoms with Crippen LogP contribution in [0.2, 0.25) is 0 Å². The van der Waals surface area contributed by atoms with Crippen molar-refractivity contribution in [2.75, 3.05) is 5.32 Å². The normalized spacial score (nSPS) is 11.5. The van der Waals surface area contributed by atoms with Gasteiger partial charge in [0, 0.05) is 10.6 Å². The van der Waals surface area contributed by atoms with Crippen LogP contribution in [0, 0.1) is 9.39 Å². The summed E-state index contributed by atoms with van der Waals surface area (Å²) in [6, 6.07) is 3.83. The molecule has 1 aromatic heterocycles. The van der Waals surface area contributed by atoms with Gasteiger partial charge in [-0.25, -0.2) is 4.39 Å². The predicted octanol–water partition coefficient (Wildman–Crippen LogP) is 1.51. The second-order valence-electron chi connectivity index (χ2n) is 4.09. The van der Waals surface area contributed by atoms with Crippen molar-refractivity contribution in [1.82, 2.24) is 9.78 Å². The lowest BCUT2D eigenvalue weighted by Crippen LogP contribution is -2.20. The number of hydrogen-bond acceptors (Lipinski definition) is 4. The van der Waals surface area contributed by atoms with Gasteiger partial charge in [0.2, 0.25) is 0 Å². The molecule has 9 heteroatoms. The van der Waals surface area contributed by atoms with Gasteiger partial charge in [0.15, 0.2) is 5.84 Å². The van der Waals surface area contributed by atoms with Crippen LogP contribution in [0.4, 0.5) is 10.2 Å². The van der Waals surface area contributed by atoms with Crippen LogP contribution in [0.1, 0.15) is 15.9 Å². The number of rotatable bonds is 3. The lowest BCUT2D eigenvalue weighted by Gasteiger charge is -2.09. The third-order valence-electron chi connectivity index (χ3n) is 2.73. The third-order valence-corrected chi connectivity index (χ3v) is 3.62. The van der Waals surface area contributed by atoms with E-state index in [0.29, 0.717) is 9.13 Å². The Labute approximate surface area is 132 Å². The van der Waals surface area contributed by atoms with E-state index in [2.05, 4.69) is 15.6 Å². The van der Waals surface area contributed by atoms with Crippen LogP contribution in [0.25, 0.3) is 0 Å². The number of amides is 1. The maximum atomic E-state index is 13.1. The Morgan fingerprint density at radius 1 is 1.52 bits per heavy atom. The molecular formula is C12H11FIN5O2. The summed E-state index contributed by atoms with van der Waals surface area (Å²) < 4.78 is 14.9. The molecule has 1 heterocycles. The molecule has 0 radical (unpaired) electrons. The monoisotopic (exact) mass is 403 g/mol. The number of anilines is 1. The van der Waals surface area contributed by atoms with Crippen molar-refractivity contribution >= 4 is 40.2 Å². The summed E-state index contributed by atoms with van der Waals surface area (Å²) in [6.45, 7) is 0. The molecule has 0 aliphatic carbocycles. The Balaban J connectivity index is 2.34. The molecule has 0 saturated carbocycles. The maximum absolute atomic E-state index is 13.1. The zero-order valence-electron chi connectivity index (χ0n) is 10.8. The van der Waals surface area contributed by atoms with Gasteiger partial charge in [0.25, 0.3) is 5.91 Å². The van der Waals surface area contributed by atoms with Gasteiger partial charge in [0.05, 0.1) is 17.3 Å². The molecule has 0 saturated heterocycles. The van der Waals surface area contributed by atoms with E-state index in [4.69, 9.17) is 10.9 Å². The zero-order chi connectivity index (χ0) is 15.6. The first-order valence-corrected chi connectivity index (χ1v) is 6.78. The number of nitrogens with one attached hydrogen (secondary N) is 1. The Bertz CT molecular complexity index is 728. The van der Waals surface area contributed by atoms with E-state index >= 15 is 0 Å². The first-order chi connectivity index (χ1) is 9.93. The summed E-state index contributed by atoms with van der Waals surface area (Å²) in [5.41, 5.74) is 6.11. The van der Waals surface area contributed by atoms with Crippen molar-refractivity contribution in [2.24, 2.45) is 17.9 Å². The van der Waals surface area contributed by atoms with Crippen molar-refractivity contribution in [2.45, 2.75) is 0 Å². The fourth-order valence-electron chi connectivity index (χ4n) is 1.68. The molecule has 2 rings (SSSR count). The first kappa shape index (κ1) is 15.2. The molecule has 0 unspecified atom stereocenters. The summed E-state index contributed by atoms with van der Waals surface area (Å²) in [6.07, 6.45) is 1.36. The number of hydrogen-bond donors (Lipinski definition) is 3. The Hall–Kier alpha value is -2.17. The van der Waals surface area contributed by atoms with Crippen molar-refractivity contribution in [3.05, 3.63) is 44.9 Å². The summed E-state index contributed by atoms with van der Waals surface area (Å²) in [5, 5.41) is 18.1. The van der Waals surface area contributed by atoms with Crippen LogP contribution in [0.15, 0.2) is 29.6 Å². The number of carbonyl (C=O) groups is 1. The van der Waals surface area contributed by atoms with Gasteiger partial charge in [-0.2, -0.15) is 5.10 Å². The van der Waals surface area contributed by atoms with Gasteiger partial charge >= 0.3 is 0 Å². The van der Waals surface area contributed by atoms with Gasteiger partial charge in [-0.3, -0.25) is 9.48 Å². The van der Waals surface area contributed by atoms with Crippen molar-refractivity contribution < 1.29 is 14.4 Å². The maximum Gasteiger partial charge on any atom is 0.257 e. The summed E-state index contributed by atoms with van der Waals surface area (Å²) in [7, 11) is 1.60. The first-order valence-electron chi connectivity index (χ1n) is 5.70. The van der Waals surface area contributed by atoms with Gasteiger partial charge in [0.1, 0.15) is 11.6 Å². The minimum absolute atomic E-state index is 0.174. The Morgan fingerprint density at radius 2 is 2.24 bits per heavy atom. The van der Waals surface area contributed by atoms with Crippen LogP contribution < -0.4 is 11.1 Å². The van der Waals surface area contributed by atoms with Crippen molar-refractivity contribution in [3.8, 4) is 0 Å². The number of halogens is 2. The van der Waals surface area contributed by atoms with Crippen LogP contribution in [-0.2, 0) is 7.05 Å². The number of aromatic nitrogens is 2. The lowest BCUT2D eigenvalue weighted by atomic mass is 10.2. The molecule has 0 aliphatic rings. The Morgan fingerprint density at radius 3 is 2.86 bits per heavy atom. The SMILES string of the molecule is Cn1ncc(/C(N)=N/O)c1NC(=O)c1ccc(F)cc1I. The average Bonchev–Trinajstić information content (AvgIpc) is 2.79. The number of carbonyl (C=O) groups excluding carboxylic acids is 1. The van der Waals surface area contributed by atoms with E-state index in [0.717, 1.165) is 0 Å². The molecule has 0 aliphatic heterocycles. The molecule has 1 aromatic carbocycles. The van der Waals surface area contributed by atoms with Gasteiger partial charge < -0.3 is 16.3 Å². The van der Waals surface area contributed by atoms with E-state index < -0.39 is 11.7 Å². The summed E-state index contributed by atoms with van der Waals surface area (Å²) in [4.78, 5) is 12.2. The second-order valence-corrected chi connectivity index (χ2v) is 5.26. The van der Waals surface area contributed by atoms with Gasteiger partial charge in [-0.15, -0.1) is 0 Å².